The average Bonchev–Trinajstić information content (AvgIpc) is 3.25. The fraction of sp³-hybridized carbons (Fsp3) is 0.800. The molecule has 374 valence electrons. The Morgan fingerprint density at radius 2 is 0.922 bits per heavy atom. The summed E-state index contributed by atoms with van der Waals surface area (Å²) < 4.78 is 23.2. The van der Waals surface area contributed by atoms with Crippen LogP contribution in [0.25, 0.3) is 0 Å². The first kappa shape index (κ1) is 62.2. The number of hydrogen-bond donors (Lipinski definition) is 2. The largest absolute Gasteiger partial charge is 0.756 e. The molecule has 0 aromatic carbocycles. The van der Waals surface area contributed by atoms with Crippen LogP contribution < -0.4 is 10.2 Å². The number of carbonyl (C=O) groups is 1. The van der Waals surface area contributed by atoms with Crippen molar-refractivity contribution in [2.75, 3.05) is 40.9 Å². The van der Waals surface area contributed by atoms with Crippen molar-refractivity contribution in [1.29, 1.82) is 0 Å². The number of rotatable bonds is 48. The zero-order chi connectivity index (χ0) is 47.1. The molecule has 0 bridgehead atoms. The van der Waals surface area contributed by atoms with E-state index in [1.807, 2.05) is 27.2 Å². The quantitative estimate of drug-likeness (QED) is 0.0272. The smallest absolute Gasteiger partial charge is 0.268 e. The van der Waals surface area contributed by atoms with Crippen molar-refractivity contribution in [3.05, 3.63) is 60.8 Å². The Balaban J connectivity index is 4.32. The molecule has 0 aliphatic heterocycles. The van der Waals surface area contributed by atoms with E-state index < -0.39 is 26.6 Å². The van der Waals surface area contributed by atoms with E-state index >= 15 is 0 Å². The van der Waals surface area contributed by atoms with Crippen LogP contribution in [-0.2, 0) is 18.4 Å². The molecule has 2 N–H and O–H groups in total. The van der Waals surface area contributed by atoms with Crippen LogP contribution in [0.15, 0.2) is 60.8 Å². The maximum Gasteiger partial charge on any atom is 0.268 e. The number of aliphatic hydroxyl groups is 1. The normalized spacial score (nSPS) is 14.5. The first-order valence-corrected chi connectivity index (χ1v) is 28.1. The third-order valence-electron chi connectivity index (χ3n) is 11.7. The molecule has 0 spiro atoms. The molecule has 0 aromatic rings. The summed E-state index contributed by atoms with van der Waals surface area (Å²) in [6, 6.07) is -0.919. The fourth-order valence-electron chi connectivity index (χ4n) is 7.45. The molecule has 8 nitrogen and oxygen atoms in total. The van der Waals surface area contributed by atoms with Gasteiger partial charge in [0.25, 0.3) is 7.82 Å². The lowest BCUT2D eigenvalue weighted by Crippen LogP contribution is -2.45. The second kappa shape index (κ2) is 46.3. The van der Waals surface area contributed by atoms with Crippen molar-refractivity contribution >= 4 is 13.7 Å². The average molecular weight is 919 g/mol. The van der Waals surface area contributed by atoms with E-state index in [2.05, 4.69) is 67.8 Å². The van der Waals surface area contributed by atoms with E-state index in [1.165, 1.54) is 141 Å². The van der Waals surface area contributed by atoms with Gasteiger partial charge in [0.1, 0.15) is 13.2 Å². The predicted octanol–water partition coefficient (Wildman–Crippen LogP) is 15.1. The predicted molar refractivity (Wildman–Crippen MR) is 274 cm³/mol. The van der Waals surface area contributed by atoms with Crippen molar-refractivity contribution in [3.8, 4) is 0 Å². The lowest BCUT2D eigenvalue weighted by atomic mass is 10.0. The second-order valence-corrected chi connectivity index (χ2v) is 20.6. The topological polar surface area (TPSA) is 108 Å². The van der Waals surface area contributed by atoms with Gasteiger partial charge in [-0.3, -0.25) is 9.36 Å². The number of allylic oxidation sites excluding steroid dienone is 9. The third kappa shape index (κ3) is 48.1. The van der Waals surface area contributed by atoms with Crippen molar-refractivity contribution in [2.24, 2.45) is 0 Å². The van der Waals surface area contributed by atoms with Crippen LogP contribution in [0, 0.1) is 0 Å². The van der Waals surface area contributed by atoms with Gasteiger partial charge in [-0.1, -0.05) is 209 Å². The van der Waals surface area contributed by atoms with Crippen molar-refractivity contribution in [3.63, 3.8) is 0 Å². The maximum atomic E-state index is 12.9. The number of phosphoric ester groups is 1. The maximum absolute atomic E-state index is 12.9. The SMILES string of the molecule is CCCCC/C=C\C/C=C\CCCCCCCC(=O)NC(COP(=O)([O-])OCC[N+](C)(C)C)C(O)/C=C/CC/C=C/CC/C=C/CCCCCCCCCCCCCCCCCCC. The zero-order valence-electron chi connectivity index (χ0n) is 42.5. The van der Waals surface area contributed by atoms with E-state index in [9.17, 15) is 19.4 Å². The van der Waals surface area contributed by atoms with Crippen LogP contribution in [0.4, 0.5) is 0 Å². The van der Waals surface area contributed by atoms with Gasteiger partial charge in [0.15, 0.2) is 0 Å². The second-order valence-electron chi connectivity index (χ2n) is 19.2. The lowest BCUT2D eigenvalue weighted by Gasteiger charge is -2.29. The van der Waals surface area contributed by atoms with Gasteiger partial charge >= 0.3 is 0 Å². The minimum absolute atomic E-state index is 0.0139. The number of nitrogens with one attached hydrogen (secondary N) is 1. The molecule has 0 saturated carbocycles. The summed E-state index contributed by atoms with van der Waals surface area (Å²) >= 11 is 0. The molecule has 9 heteroatoms. The summed E-state index contributed by atoms with van der Waals surface area (Å²) in [5.74, 6) is -0.226. The van der Waals surface area contributed by atoms with Crippen molar-refractivity contribution in [2.45, 2.75) is 244 Å². The molecular weight excluding hydrogens is 816 g/mol. The Hall–Kier alpha value is -1.80. The highest BCUT2D eigenvalue weighted by atomic mass is 31.2. The van der Waals surface area contributed by atoms with Gasteiger partial charge in [0, 0.05) is 6.42 Å². The highest BCUT2D eigenvalue weighted by Gasteiger charge is 2.23. The number of carbonyl (C=O) groups excluding carboxylic acids is 1. The molecule has 0 rings (SSSR count). The van der Waals surface area contributed by atoms with E-state index in [4.69, 9.17) is 9.05 Å². The van der Waals surface area contributed by atoms with Gasteiger partial charge in [-0.15, -0.1) is 0 Å². The zero-order valence-corrected chi connectivity index (χ0v) is 43.4. The summed E-state index contributed by atoms with van der Waals surface area (Å²) in [5, 5.41) is 13.8. The van der Waals surface area contributed by atoms with E-state index in [0.717, 1.165) is 70.6 Å². The molecule has 0 saturated heterocycles. The Morgan fingerprint density at radius 1 is 0.547 bits per heavy atom. The fourth-order valence-corrected chi connectivity index (χ4v) is 8.17. The monoisotopic (exact) mass is 919 g/mol. The summed E-state index contributed by atoms with van der Waals surface area (Å²) in [6.07, 6.45) is 61.6. The Morgan fingerprint density at radius 3 is 1.39 bits per heavy atom. The molecule has 1 amide bonds. The van der Waals surface area contributed by atoms with Crippen LogP contribution >= 0.6 is 7.82 Å². The van der Waals surface area contributed by atoms with Crippen LogP contribution in [0.3, 0.4) is 0 Å². The first-order valence-electron chi connectivity index (χ1n) is 26.7. The highest BCUT2D eigenvalue weighted by Crippen LogP contribution is 2.38. The minimum atomic E-state index is -4.61. The van der Waals surface area contributed by atoms with Gasteiger partial charge < -0.3 is 28.8 Å². The van der Waals surface area contributed by atoms with E-state index in [0.29, 0.717) is 17.4 Å². The Kier molecular flexibility index (Phi) is 45.0. The van der Waals surface area contributed by atoms with Gasteiger partial charge in [0.2, 0.25) is 5.91 Å². The van der Waals surface area contributed by atoms with Gasteiger partial charge in [-0.05, 0) is 77.0 Å². The summed E-state index contributed by atoms with van der Waals surface area (Å²) in [4.78, 5) is 25.4. The Labute approximate surface area is 396 Å². The van der Waals surface area contributed by atoms with Crippen LogP contribution in [0.1, 0.15) is 232 Å². The molecule has 0 aliphatic carbocycles. The number of hydrogen-bond acceptors (Lipinski definition) is 6. The highest BCUT2D eigenvalue weighted by molar-refractivity contribution is 7.45. The summed E-state index contributed by atoms with van der Waals surface area (Å²) in [7, 11) is 1.22. The molecule has 0 aromatic heterocycles. The molecule has 0 radical (unpaired) electrons. The van der Waals surface area contributed by atoms with Gasteiger partial charge in [0.05, 0.1) is 39.9 Å². The number of likely N-dealkylation sites (N-methyl/N-ethyl adjacent to an activating group) is 1. The molecule has 64 heavy (non-hydrogen) atoms. The minimum Gasteiger partial charge on any atom is -0.756 e. The molecule has 3 unspecified atom stereocenters. The number of unbranched alkanes of at least 4 members (excludes halogenated alkanes) is 27. The van der Waals surface area contributed by atoms with Crippen LogP contribution in [0.5, 0.6) is 0 Å². The number of amides is 1. The van der Waals surface area contributed by atoms with Crippen LogP contribution in [-0.4, -0.2) is 68.5 Å². The lowest BCUT2D eigenvalue weighted by molar-refractivity contribution is -0.870. The van der Waals surface area contributed by atoms with Gasteiger partial charge in [-0.2, -0.15) is 0 Å². The van der Waals surface area contributed by atoms with E-state index in [-0.39, 0.29) is 12.5 Å². The van der Waals surface area contributed by atoms with E-state index in [1.54, 1.807) is 6.08 Å². The molecule has 0 aliphatic rings. The molecular formula is C55H103N2O6P. The molecule has 3 atom stereocenters. The number of quaternary nitrogens is 1. The standard InChI is InChI=1S/C55H103N2O6P/c1-6-8-10-12-14-16-18-20-22-23-24-25-26-27-28-29-30-31-32-33-35-36-38-40-42-44-46-48-54(58)53(52-63-64(60,61)62-51-50-57(3,4)5)56-55(59)49-47-45-43-41-39-37-34-21-19-17-15-13-11-9-7-2/h15,17,21,32-34,38,40,46,48,53-54,58H,6-14,16,18-20,22-31,35-37,39,41-45,47,49-52H2,1-5H3,(H-,56,59,60,61)/b17-15-,33-32+,34-21-,40-38+,48-46+. The van der Waals surface area contributed by atoms with Crippen molar-refractivity contribution in [1.82, 2.24) is 5.32 Å². The van der Waals surface area contributed by atoms with Crippen molar-refractivity contribution < 1.29 is 32.9 Å². The number of nitrogens with zero attached hydrogens (tertiary/aromatic N) is 1. The molecule has 0 fully saturated rings. The number of phosphoric acid groups is 1. The summed E-state index contributed by atoms with van der Waals surface area (Å²) in [6.45, 7) is 4.59. The Bertz CT molecular complexity index is 1230. The number of aliphatic hydroxyl groups excluding tert-OH is 1. The van der Waals surface area contributed by atoms with Crippen LogP contribution in [0.2, 0.25) is 0 Å². The first-order chi connectivity index (χ1) is 31.0. The third-order valence-corrected chi connectivity index (χ3v) is 12.6. The molecule has 0 heterocycles. The van der Waals surface area contributed by atoms with Gasteiger partial charge in [-0.25, -0.2) is 0 Å². The summed E-state index contributed by atoms with van der Waals surface area (Å²) in [5.41, 5.74) is 0.